The summed E-state index contributed by atoms with van der Waals surface area (Å²) in [6, 6.07) is 6.56. The normalized spacial score (nSPS) is 10.8. The SMILES string of the molecule is CCCN(CC)CCNCCOc1cccc(C(=O)O)c1. The van der Waals surface area contributed by atoms with Crippen molar-refractivity contribution in [2.75, 3.05) is 39.3 Å². The molecule has 5 heteroatoms. The molecule has 0 unspecified atom stereocenters. The van der Waals surface area contributed by atoms with Gasteiger partial charge in [0.2, 0.25) is 0 Å². The van der Waals surface area contributed by atoms with Gasteiger partial charge in [0.15, 0.2) is 0 Å². The summed E-state index contributed by atoms with van der Waals surface area (Å²) in [5, 5.41) is 12.2. The molecule has 1 aromatic rings. The molecule has 21 heavy (non-hydrogen) atoms. The van der Waals surface area contributed by atoms with Crippen LogP contribution in [-0.4, -0.2) is 55.3 Å². The molecular weight excluding hydrogens is 268 g/mol. The van der Waals surface area contributed by atoms with Crippen LogP contribution >= 0.6 is 0 Å². The lowest BCUT2D eigenvalue weighted by Crippen LogP contribution is -2.34. The van der Waals surface area contributed by atoms with Crippen LogP contribution in [0.5, 0.6) is 5.75 Å². The second kappa shape index (κ2) is 10.2. The van der Waals surface area contributed by atoms with E-state index in [1.54, 1.807) is 24.3 Å². The zero-order valence-electron chi connectivity index (χ0n) is 13.0. The number of nitrogens with zero attached hydrogens (tertiary/aromatic N) is 1. The highest BCUT2D eigenvalue weighted by Crippen LogP contribution is 2.12. The summed E-state index contributed by atoms with van der Waals surface area (Å²) in [5.41, 5.74) is 0.249. The first-order valence-corrected chi connectivity index (χ1v) is 7.56. The minimum atomic E-state index is -0.936. The molecule has 0 bridgehead atoms. The number of likely N-dealkylation sites (N-methyl/N-ethyl adjacent to an activating group) is 1. The second-order valence-corrected chi connectivity index (χ2v) is 4.87. The number of ether oxygens (including phenoxy) is 1. The van der Waals surface area contributed by atoms with Crippen molar-refractivity contribution in [2.45, 2.75) is 20.3 Å². The van der Waals surface area contributed by atoms with Gasteiger partial charge in [0.1, 0.15) is 12.4 Å². The Kier molecular flexibility index (Phi) is 8.47. The van der Waals surface area contributed by atoms with Gasteiger partial charge in [-0.25, -0.2) is 4.79 Å². The Bertz CT molecular complexity index is 424. The molecule has 2 N–H and O–H groups in total. The monoisotopic (exact) mass is 294 g/mol. The number of hydrogen-bond acceptors (Lipinski definition) is 4. The molecule has 0 saturated heterocycles. The van der Waals surface area contributed by atoms with Gasteiger partial charge in [-0.15, -0.1) is 0 Å². The van der Waals surface area contributed by atoms with E-state index in [0.29, 0.717) is 12.4 Å². The first-order valence-electron chi connectivity index (χ1n) is 7.56. The molecule has 0 fully saturated rings. The highest BCUT2D eigenvalue weighted by Gasteiger charge is 2.03. The van der Waals surface area contributed by atoms with Crippen LogP contribution in [0.1, 0.15) is 30.6 Å². The van der Waals surface area contributed by atoms with E-state index < -0.39 is 5.97 Å². The van der Waals surface area contributed by atoms with Crippen molar-refractivity contribution in [1.29, 1.82) is 0 Å². The number of aromatic carboxylic acids is 1. The zero-order chi connectivity index (χ0) is 15.5. The number of rotatable bonds is 11. The summed E-state index contributed by atoms with van der Waals surface area (Å²) < 4.78 is 5.54. The lowest BCUT2D eigenvalue weighted by molar-refractivity contribution is 0.0696. The molecule has 0 aliphatic rings. The summed E-state index contributed by atoms with van der Waals surface area (Å²) in [6.07, 6.45) is 1.18. The first-order chi connectivity index (χ1) is 10.2. The minimum absolute atomic E-state index is 0.249. The zero-order valence-corrected chi connectivity index (χ0v) is 13.0. The van der Waals surface area contributed by atoms with Crippen molar-refractivity contribution in [3.05, 3.63) is 29.8 Å². The molecular formula is C16H26N2O3. The average molecular weight is 294 g/mol. The predicted octanol–water partition coefficient (Wildman–Crippen LogP) is 2.09. The Morgan fingerprint density at radius 3 is 2.76 bits per heavy atom. The van der Waals surface area contributed by atoms with Gasteiger partial charge in [-0.3, -0.25) is 0 Å². The highest BCUT2D eigenvalue weighted by molar-refractivity contribution is 5.87. The Labute approximate surface area is 126 Å². The maximum absolute atomic E-state index is 10.8. The fourth-order valence-corrected chi connectivity index (χ4v) is 2.07. The second-order valence-electron chi connectivity index (χ2n) is 4.87. The highest BCUT2D eigenvalue weighted by atomic mass is 16.5. The van der Waals surface area contributed by atoms with Crippen LogP contribution in [0, 0.1) is 0 Å². The summed E-state index contributed by atoms with van der Waals surface area (Å²) >= 11 is 0. The lowest BCUT2D eigenvalue weighted by atomic mass is 10.2. The number of carbonyl (C=O) groups is 1. The topological polar surface area (TPSA) is 61.8 Å². The van der Waals surface area contributed by atoms with Crippen molar-refractivity contribution < 1.29 is 14.6 Å². The summed E-state index contributed by atoms with van der Waals surface area (Å²) in [4.78, 5) is 13.2. The molecule has 0 radical (unpaired) electrons. The fraction of sp³-hybridized carbons (Fsp3) is 0.562. The number of benzene rings is 1. The first kappa shape index (κ1) is 17.5. The Morgan fingerprint density at radius 1 is 1.29 bits per heavy atom. The van der Waals surface area contributed by atoms with Gasteiger partial charge >= 0.3 is 5.97 Å². The third-order valence-corrected chi connectivity index (χ3v) is 3.22. The van der Waals surface area contributed by atoms with Crippen molar-refractivity contribution in [3.8, 4) is 5.75 Å². The van der Waals surface area contributed by atoms with Crippen molar-refractivity contribution >= 4 is 5.97 Å². The van der Waals surface area contributed by atoms with Crippen LogP contribution in [0.25, 0.3) is 0 Å². The third kappa shape index (κ3) is 7.11. The van der Waals surface area contributed by atoms with Gasteiger partial charge in [0, 0.05) is 19.6 Å². The molecule has 0 aliphatic carbocycles. The van der Waals surface area contributed by atoms with E-state index in [0.717, 1.165) is 32.7 Å². The van der Waals surface area contributed by atoms with Crippen molar-refractivity contribution in [3.63, 3.8) is 0 Å². The smallest absolute Gasteiger partial charge is 0.335 e. The van der Waals surface area contributed by atoms with E-state index in [-0.39, 0.29) is 5.56 Å². The number of carboxylic acid groups (broad SMARTS) is 1. The van der Waals surface area contributed by atoms with Crippen LogP contribution in [0.2, 0.25) is 0 Å². The van der Waals surface area contributed by atoms with Gasteiger partial charge in [-0.05, 0) is 37.7 Å². The Balaban J connectivity index is 2.17. The maximum Gasteiger partial charge on any atom is 0.335 e. The Hall–Kier alpha value is -1.59. The standard InChI is InChI=1S/C16H26N2O3/c1-3-10-18(4-2)11-8-17-9-12-21-15-7-5-6-14(13-15)16(19)20/h5-7,13,17H,3-4,8-12H2,1-2H3,(H,19,20). The summed E-state index contributed by atoms with van der Waals surface area (Å²) in [5.74, 6) is -0.341. The average Bonchev–Trinajstić information content (AvgIpc) is 2.49. The number of nitrogens with one attached hydrogen (secondary N) is 1. The van der Waals surface area contributed by atoms with Crippen LogP contribution < -0.4 is 10.1 Å². The predicted molar refractivity (Wildman–Crippen MR) is 84.2 cm³/mol. The van der Waals surface area contributed by atoms with E-state index >= 15 is 0 Å². The lowest BCUT2D eigenvalue weighted by Gasteiger charge is -2.19. The molecule has 0 heterocycles. The van der Waals surface area contributed by atoms with E-state index in [4.69, 9.17) is 9.84 Å². The van der Waals surface area contributed by atoms with Crippen molar-refractivity contribution in [2.24, 2.45) is 0 Å². The minimum Gasteiger partial charge on any atom is -0.492 e. The van der Waals surface area contributed by atoms with Gasteiger partial charge in [-0.2, -0.15) is 0 Å². The van der Waals surface area contributed by atoms with E-state index in [1.165, 1.54) is 6.42 Å². The molecule has 1 rings (SSSR count). The fourth-order valence-electron chi connectivity index (χ4n) is 2.07. The van der Waals surface area contributed by atoms with Gasteiger partial charge in [-0.1, -0.05) is 19.9 Å². The molecule has 0 saturated carbocycles. The van der Waals surface area contributed by atoms with Crippen LogP contribution in [-0.2, 0) is 0 Å². The van der Waals surface area contributed by atoms with Gasteiger partial charge in [0.05, 0.1) is 5.56 Å². The molecule has 118 valence electrons. The molecule has 0 amide bonds. The number of hydrogen-bond donors (Lipinski definition) is 2. The molecule has 0 spiro atoms. The maximum atomic E-state index is 10.8. The van der Waals surface area contributed by atoms with E-state index in [1.807, 2.05) is 0 Å². The van der Waals surface area contributed by atoms with Gasteiger partial charge in [0.25, 0.3) is 0 Å². The molecule has 0 aliphatic heterocycles. The van der Waals surface area contributed by atoms with Crippen LogP contribution in [0.3, 0.4) is 0 Å². The van der Waals surface area contributed by atoms with E-state index in [2.05, 4.69) is 24.1 Å². The molecule has 1 aromatic carbocycles. The molecule has 5 nitrogen and oxygen atoms in total. The third-order valence-electron chi connectivity index (χ3n) is 3.22. The Morgan fingerprint density at radius 2 is 2.10 bits per heavy atom. The van der Waals surface area contributed by atoms with Gasteiger partial charge < -0.3 is 20.1 Å². The van der Waals surface area contributed by atoms with Crippen molar-refractivity contribution in [1.82, 2.24) is 10.2 Å². The number of carboxylic acids is 1. The summed E-state index contributed by atoms with van der Waals surface area (Å²) in [6.45, 7) is 9.84. The van der Waals surface area contributed by atoms with Crippen LogP contribution in [0.15, 0.2) is 24.3 Å². The quantitative estimate of drug-likeness (QED) is 0.612. The van der Waals surface area contributed by atoms with E-state index in [9.17, 15) is 4.79 Å². The van der Waals surface area contributed by atoms with Crippen LogP contribution in [0.4, 0.5) is 0 Å². The summed E-state index contributed by atoms with van der Waals surface area (Å²) in [7, 11) is 0. The molecule has 0 aromatic heterocycles. The largest absolute Gasteiger partial charge is 0.492 e. The molecule has 0 atom stereocenters.